The fraction of sp³-hybridized carbons (Fsp3) is 0.706. The van der Waals surface area contributed by atoms with Gasteiger partial charge >= 0.3 is 0 Å². The van der Waals surface area contributed by atoms with Gasteiger partial charge in [-0.2, -0.15) is 0 Å². The molecule has 0 bridgehead atoms. The van der Waals surface area contributed by atoms with Gasteiger partial charge in [-0.25, -0.2) is 18.7 Å². The van der Waals surface area contributed by atoms with Crippen LogP contribution in [0.25, 0.3) is 0 Å². The second kappa shape index (κ2) is 8.52. The van der Waals surface area contributed by atoms with Crippen molar-refractivity contribution >= 4 is 17.5 Å². The number of hydrogen-bond donors (Lipinski definition) is 1. The van der Waals surface area contributed by atoms with Gasteiger partial charge in [-0.3, -0.25) is 4.79 Å². The van der Waals surface area contributed by atoms with E-state index in [2.05, 4.69) is 15.3 Å². The summed E-state index contributed by atoms with van der Waals surface area (Å²) >= 11 is 6.15. The molecule has 0 aromatic carbocycles. The van der Waals surface area contributed by atoms with Crippen LogP contribution in [0.3, 0.4) is 0 Å². The van der Waals surface area contributed by atoms with Crippen LogP contribution in [0.2, 0.25) is 5.02 Å². The highest BCUT2D eigenvalue weighted by Gasteiger charge is 2.57. The standard InChI is InChI=1S/C17H22ClF2N3O4/c1-10(24)21-2-3-25-13-4-11(5-13)7-26-15-14(18)16(23-9-22-15)27-8-12-6-17(12,19)20/h9,11-13H,2-8H2,1H3,(H,21,24). The summed E-state index contributed by atoms with van der Waals surface area (Å²) < 4.78 is 42.3. The zero-order valence-corrected chi connectivity index (χ0v) is 15.7. The predicted molar refractivity (Wildman–Crippen MR) is 92.2 cm³/mol. The van der Waals surface area contributed by atoms with Crippen LogP contribution >= 0.6 is 11.6 Å². The minimum Gasteiger partial charge on any atom is -0.476 e. The van der Waals surface area contributed by atoms with Gasteiger partial charge < -0.3 is 19.5 Å². The number of carbonyl (C=O) groups excluding carboxylic acids is 1. The first kappa shape index (κ1) is 20.0. The van der Waals surface area contributed by atoms with Gasteiger partial charge in [0.1, 0.15) is 6.33 Å². The summed E-state index contributed by atoms with van der Waals surface area (Å²) in [5, 5.41) is 2.76. The number of halogens is 3. The SMILES string of the molecule is CC(=O)NCCOC1CC(COc2ncnc(OCC3CC3(F)F)c2Cl)C1. The maximum absolute atomic E-state index is 12.9. The summed E-state index contributed by atoms with van der Waals surface area (Å²) in [4.78, 5) is 18.6. The molecule has 10 heteroatoms. The average molecular weight is 406 g/mol. The number of aromatic nitrogens is 2. The molecule has 0 aliphatic heterocycles. The summed E-state index contributed by atoms with van der Waals surface area (Å²) in [6.07, 6.45) is 2.92. The first-order chi connectivity index (χ1) is 12.8. The molecule has 1 amide bonds. The largest absolute Gasteiger partial charge is 0.476 e. The molecule has 0 spiro atoms. The molecular weight excluding hydrogens is 384 g/mol. The summed E-state index contributed by atoms with van der Waals surface area (Å²) in [5.74, 6) is -2.96. The molecule has 2 saturated carbocycles. The molecule has 1 aromatic rings. The Balaban J connectivity index is 1.35. The molecule has 1 atom stereocenters. The quantitative estimate of drug-likeness (QED) is 0.602. The monoisotopic (exact) mass is 405 g/mol. The lowest BCUT2D eigenvalue weighted by atomic mass is 9.83. The molecule has 2 aliphatic rings. The molecule has 3 rings (SSSR count). The van der Waals surface area contributed by atoms with Crippen molar-refractivity contribution < 1.29 is 27.8 Å². The number of carbonyl (C=O) groups is 1. The van der Waals surface area contributed by atoms with Crippen LogP contribution in [0, 0.1) is 11.8 Å². The number of nitrogens with one attached hydrogen (secondary N) is 1. The molecule has 1 N–H and O–H groups in total. The number of alkyl halides is 2. The van der Waals surface area contributed by atoms with E-state index in [0.717, 1.165) is 12.8 Å². The van der Waals surface area contributed by atoms with Crippen LogP contribution in [0.5, 0.6) is 11.8 Å². The number of nitrogens with zero attached hydrogens (tertiary/aromatic N) is 2. The summed E-state index contributed by atoms with van der Waals surface area (Å²) in [7, 11) is 0. The highest BCUT2D eigenvalue weighted by molar-refractivity contribution is 6.33. The Bertz CT molecular complexity index is 674. The van der Waals surface area contributed by atoms with Crippen molar-refractivity contribution in [2.24, 2.45) is 11.8 Å². The van der Waals surface area contributed by atoms with E-state index >= 15 is 0 Å². The van der Waals surface area contributed by atoms with Crippen molar-refractivity contribution in [3.05, 3.63) is 11.3 Å². The number of hydrogen-bond acceptors (Lipinski definition) is 6. The van der Waals surface area contributed by atoms with Crippen molar-refractivity contribution in [1.29, 1.82) is 0 Å². The van der Waals surface area contributed by atoms with Crippen molar-refractivity contribution in [1.82, 2.24) is 15.3 Å². The fourth-order valence-corrected chi connectivity index (χ4v) is 2.97. The Morgan fingerprint density at radius 3 is 2.52 bits per heavy atom. The molecule has 1 heterocycles. The number of amides is 1. The van der Waals surface area contributed by atoms with Crippen molar-refractivity contribution in [3.8, 4) is 11.8 Å². The van der Waals surface area contributed by atoms with E-state index in [-0.39, 0.29) is 41.8 Å². The maximum Gasteiger partial charge on any atom is 0.255 e. The van der Waals surface area contributed by atoms with Crippen molar-refractivity contribution in [3.63, 3.8) is 0 Å². The number of ether oxygens (including phenoxy) is 3. The zero-order chi connectivity index (χ0) is 19.4. The third-order valence-corrected chi connectivity index (χ3v) is 4.90. The van der Waals surface area contributed by atoms with Crippen LogP contribution in [0.15, 0.2) is 6.33 Å². The Hall–Kier alpha value is -1.74. The molecule has 2 aliphatic carbocycles. The lowest BCUT2D eigenvalue weighted by Gasteiger charge is -2.34. The Morgan fingerprint density at radius 2 is 1.93 bits per heavy atom. The number of rotatable bonds is 10. The summed E-state index contributed by atoms with van der Waals surface area (Å²) in [6.45, 7) is 2.73. The van der Waals surface area contributed by atoms with Gasteiger partial charge in [0.25, 0.3) is 5.92 Å². The first-order valence-corrected chi connectivity index (χ1v) is 9.23. The molecule has 1 aromatic heterocycles. The lowest BCUT2D eigenvalue weighted by Crippen LogP contribution is -2.37. The van der Waals surface area contributed by atoms with Gasteiger partial charge in [-0.05, 0) is 18.8 Å². The lowest BCUT2D eigenvalue weighted by molar-refractivity contribution is -0.119. The second-order valence-corrected chi connectivity index (χ2v) is 7.27. The Kier molecular flexibility index (Phi) is 6.31. The van der Waals surface area contributed by atoms with Gasteiger partial charge in [-0.1, -0.05) is 11.6 Å². The van der Waals surface area contributed by atoms with E-state index in [9.17, 15) is 13.6 Å². The minimum atomic E-state index is -2.65. The van der Waals surface area contributed by atoms with Crippen molar-refractivity contribution in [2.75, 3.05) is 26.4 Å². The summed E-state index contributed by atoms with van der Waals surface area (Å²) in [6, 6.07) is 0. The van der Waals surface area contributed by atoms with Crippen LogP contribution in [0.4, 0.5) is 8.78 Å². The van der Waals surface area contributed by atoms with Crippen LogP contribution in [0.1, 0.15) is 26.2 Å². The van der Waals surface area contributed by atoms with E-state index in [1.165, 1.54) is 13.3 Å². The van der Waals surface area contributed by atoms with Gasteiger partial charge in [0.2, 0.25) is 17.7 Å². The normalized spacial score (nSPS) is 25.4. The van der Waals surface area contributed by atoms with Crippen LogP contribution in [-0.2, 0) is 9.53 Å². The fourth-order valence-electron chi connectivity index (χ4n) is 2.77. The molecule has 0 saturated heterocycles. The van der Waals surface area contributed by atoms with E-state index in [1.54, 1.807) is 0 Å². The molecule has 2 fully saturated rings. The third kappa shape index (κ3) is 5.62. The van der Waals surface area contributed by atoms with Gasteiger partial charge in [-0.15, -0.1) is 0 Å². The van der Waals surface area contributed by atoms with E-state index in [4.69, 9.17) is 25.8 Å². The highest BCUT2D eigenvalue weighted by atomic mass is 35.5. The highest BCUT2D eigenvalue weighted by Crippen LogP contribution is 2.48. The molecule has 27 heavy (non-hydrogen) atoms. The van der Waals surface area contributed by atoms with E-state index in [0.29, 0.717) is 25.7 Å². The topological polar surface area (TPSA) is 82.6 Å². The summed E-state index contributed by atoms with van der Waals surface area (Å²) in [5.41, 5.74) is 0. The smallest absolute Gasteiger partial charge is 0.255 e. The van der Waals surface area contributed by atoms with E-state index < -0.39 is 11.8 Å². The average Bonchev–Trinajstić information content (AvgIpc) is 3.19. The molecule has 150 valence electrons. The van der Waals surface area contributed by atoms with Crippen LogP contribution < -0.4 is 14.8 Å². The van der Waals surface area contributed by atoms with Crippen molar-refractivity contribution in [2.45, 2.75) is 38.2 Å². The van der Waals surface area contributed by atoms with Gasteiger partial charge in [0.05, 0.1) is 31.8 Å². The molecule has 1 unspecified atom stereocenters. The maximum atomic E-state index is 12.9. The van der Waals surface area contributed by atoms with E-state index in [1.807, 2.05) is 0 Å². The zero-order valence-electron chi connectivity index (χ0n) is 14.9. The predicted octanol–water partition coefficient (Wildman–Crippen LogP) is 2.47. The first-order valence-electron chi connectivity index (χ1n) is 8.85. The Labute approximate surface area is 160 Å². The van der Waals surface area contributed by atoms with Gasteiger partial charge in [0, 0.05) is 19.9 Å². The third-order valence-electron chi connectivity index (χ3n) is 4.58. The molecule has 0 radical (unpaired) electrons. The second-order valence-electron chi connectivity index (χ2n) is 6.90. The van der Waals surface area contributed by atoms with Crippen LogP contribution in [-0.4, -0.2) is 54.3 Å². The molecular formula is C17H22ClF2N3O4. The van der Waals surface area contributed by atoms with Gasteiger partial charge in [0.15, 0.2) is 5.02 Å². The Morgan fingerprint density at radius 1 is 1.30 bits per heavy atom. The molecule has 7 nitrogen and oxygen atoms in total. The minimum absolute atomic E-state index is 0.0529.